The Bertz CT molecular complexity index is 1940. The number of alkyl carbamates (subject to hydrolysis) is 1. The van der Waals surface area contributed by atoms with E-state index in [-0.39, 0.29) is 35.1 Å². The monoisotopic (exact) mass is 733 g/mol. The quantitative estimate of drug-likeness (QED) is 0.173. The lowest BCUT2D eigenvalue weighted by Gasteiger charge is -2.38. The van der Waals surface area contributed by atoms with Gasteiger partial charge in [-0.1, -0.05) is 71.0 Å². The number of anilines is 2. The first-order valence-electron chi connectivity index (χ1n) is 18.7. The minimum Gasteiger partial charge on any atom is -0.453 e. The first-order valence-corrected chi connectivity index (χ1v) is 18.7. The van der Waals surface area contributed by atoms with Crippen LogP contribution in [0.25, 0.3) is 22.4 Å². The summed E-state index contributed by atoms with van der Waals surface area (Å²) in [5.41, 5.74) is 5.79. The van der Waals surface area contributed by atoms with Crippen molar-refractivity contribution >= 4 is 35.2 Å². The summed E-state index contributed by atoms with van der Waals surface area (Å²) in [5, 5.41) is 5.69. The van der Waals surface area contributed by atoms with Crippen molar-refractivity contribution in [1.29, 1.82) is 0 Å². The number of carbonyl (C=O) groups is 4. The summed E-state index contributed by atoms with van der Waals surface area (Å²) >= 11 is 0. The van der Waals surface area contributed by atoms with E-state index in [1.54, 1.807) is 11.1 Å². The van der Waals surface area contributed by atoms with Gasteiger partial charge in [-0.2, -0.15) is 0 Å². The van der Waals surface area contributed by atoms with Crippen molar-refractivity contribution < 1.29 is 23.9 Å². The van der Waals surface area contributed by atoms with Crippen LogP contribution in [0.15, 0.2) is 79.0 Å². The number of H-pyrrole nitrogens is 1. The van der Waals surface area contributed by atoms with Gasteiger partial charge in [-0.25, -0.2) is 9.78 Å². The lowest BCUT2D eigenvalue weighted by Crippen LogP contribution is -2.51. The summed E-state index contributed by atoms with van der Waals surface area (Å²) in [6.07, 6.45) is 2.80. The third kappa shape index (κ3) is 8.59. The minimum atomic E-state index is -0.686. The van der Waals surface area contributed by atoms with Gasteiger partial charge in [0.25, 0.3) is 5.91 Å². The molecule has 1 aromatic heterocycles. The van der Waals surface area contributed by atoms with Gasteiger partial charge in [0.05, 0.1) is 25.0 Å². The van der Waals surface area contributed by atoms with Crippen LogP contribution >= 0.6 is 0 Å². The molecule has 0 aliphatic carbocycles. The van der Waals surface area contributed by atoms with E-state index < -0.39 is 12.1 Å². The molecule has 4 amide bonds. The smallest absolute Gasteiger partial charge is 0.407 e. The van der Waals surface area contributed by atoms with Crippen molar-refractivity contribution in [2.24, 2.45) is 11.3 Å². The molecular weight excluding hydrogens is 683 g/mol. The summed E-state index contributed by atoms with van der Waals surface area (Å²) < 4.78 is 4.75. The van der Waals surface area contributed by atoms with E-state index in [9.17, 15) is 19.2 Å². The predicted octanol–water partition coefficient (Wildman–Crippen LogP) is 6.73. The van der Waals surface area contributed by atoms with Gasteiger partial charge in [0.1, 0.15) is 11.9 Å². The van der Waals surface area contributed by atoms with Gasteiger partial charge >= 0.3 is 6.09 Å². The van der Waals surface area contributed by atoms with Crippen LogP contribution in [-0.2, 0) is 14.3 Å². The second-order valence-corrected chi connectivity index (χ2v) is 15.4. The number of imidazole rings is 1. The third-order valence-electron chi connectivity index (χ3n) is 10.2. The molecule has 0 bridgehead atoms. The normalized spacial score (nSPS) is 16.6. The van der Waals surface area contributed by atoms with Crippen LogP contribution in [-0.4, -0.2) is 89.5 Å². The average Bonchev–Trinajstić information content (AvgIpc) is 3.87. The molecule has 2 fully saturated rings. The molecule has 12 nitrogen and oxygen atoms in total. The highest BCUT2D eigenvalue weighted by molar-refractivity contribution is 6.04. The van der Waals surface area contributed by atoms with Crippen LogP contribution in [0.5, 0.6) is 0 Å². The molecule has 2 aliphatic heterocycles. The lowest BCUT2D eigenvalue weighted by atomic mass is 9.94. The van der Waals surface area contributed by atoms with Crippen molar-refractivity contribution in [1.82, 2.24) is 25.1 Å². The number of hydrogen-bond acceptors (Lipinski definition) is 7. The lowest BCUT2D eigenvalue weighted by molar-refractivity contribution is -0.139. The van der Waals surface area contributed by atoms with Gasteiger partial charge in [0.15, 0.2) is 0 Å². The van der Waals surface area contributed by atoms with Gasteiger partial charge in [-0.15, -0.1) is 0 Å². The molecule has 3 heterocycles. The first kappa shape index (κ1) is 38.1. The molecule has 2 atom stereocenters. The van der Waals surface area contributed by atoms with Crippen molar-refractivity contribution in [3.63, 3.8) is 0 Å². The molecule has 1 unspecified atom stereocenters. The van der Waals surface area contributed by atoms with Crippen LogP contribution in [0.2, 0.25) is 0 Å². The molecule has 6 rings (SSSR count). The topological polar surface area (TPSA) is 140 Å². The number of rotatable bonds is 9. The first-order chi connectivity index (χ1) is 25.8. The zero-order valence-electron chi connectivity index (χ0n) is 32.0. The Labute approximate surface area is 317 Å². The van der Waals surface area contributed by atoms with Gasteiger partial charge in [0, 0.05) is 55.1 Å². The number of nitrogens with one attached hydrogen (secondary N) is 3. The number of likely N-dealkylation sites (tertiary alicyclic amines) is 1. The maximum absolute atomic E-state index is 13.5. The zero-order chi connectivity index (χ0) is 38.6. The van der Waals surface area contributed by atoms with Crippen molar-refractivity contribution in [3.05, 3.63) is 90.4 Å². The fourth-order valence-corrected chi connectivity index (χ4v) is 7.10. The Balaban J connectivity index is 1.03. The molecule has 0 saturated carbocycles. The number of amides is 4. The van der Waals surface area contributed by atoms with Crippen molar-refractivity contribution in [2.75, 3.05) is 50.1 Å². The molecule has 3 aromatic carbocycles. The number of benzene rings is 3. The second-order valence-electron chi connectivity index (χ2n) is 15.4. The van der Waals surface area contributed by atoms with E-state index in [2.05, 4.69) is 25.5 Å². The summed E-state index contributed by atoms with van der Waals surface area (Å²) in [7, 11) is 1.29. The number of methoxy groups -OCH3 is 1. The van der Waals surface area contributed by atoms with Crippen LogP contribution in [0.1, 0.15) is 69.7 Å². The largest absolute Gasteiger partial charge is 0.453 e. The highest BCUT2D eigenvalue weighted by Crippen LogP contribution is 2.33. The Morgan fingerprint density at radius 2 is 1.44 bits per heavy atom. The van der Waals surface area contributed by atoms with Crippen LogP contribution in [0.4, 0.5) is 16.2 Å². The summed E-state index contributed by atoms with van der Waals surface area (Å²) in [4.78, 5) is 65.2. The van der Waals surface area contributed by atoms with E-state index in [0.29, 0.717) is 30.9 Å². The highest BCUT2D eigenvalue weighted by atomic mass is 16.5. The summed E-state index contributed by atoms with van der Waals surface area (Å²) in [6, 6.07) is 22.6. The number of piperazine rings is 1. The summed E-state index contributed by atoms with van der Waals surface area (Å²) in [5.74, 6) is 0.475. The van der Waals surface area contributed by atoms with E-state index >= 15 is 0 Å². The number of ether oxygens (including phenoxy) is 1. The van der Waals surface area contributed by atoms with Gasteiger partial charge in [-0.05, 0) is 71.8 Å². The Morgan fingerprint density at radius 3 is 2.04 bits per heavy atom. The molecule has 0 radical (unpaired) electrons. The molecule has 4 aromatic rings. The minimum absolute atomic E-state index is 0.103. The molecule has 54 heavy (non-hydrogen) atoms. The van der Waals surface area contributed by atoms with E-state index in [1.165, 1.54) is 7.11 Å². The van der Waals surface area contributed by atoms with Crippen molar-refractivity contribution in [2.45, 2.75) is 59.5 Å². The molecule has 0 spiro atoms. The van der Waals surface area contributed by atoms with E-state index in [4.69, 9.17) is 4.74 Å². The van der Waals surface area contributed by atoms with Gasteiger partial charge in [-0.3, -0.25) is 14.4 Å². The Morgan fingerprint density at radius 1 is 0.833 bits per heavy atom. The number of aromatic nitrogens is 2. The predicted molar refractivity (Wildman–Crippen MR) is 210 cm³/mol. The second kappa shape index (κ2) is 16.2. The fourth-order valence-electron chi connectivity index (χ4n) is 7.10. The molecular formula is C42H51N7O5. The molecule has 3 N–H and O–H groups in total. The van der Waals surface area contributed by atoms with Gasteiger partial charge < -0.3 is 35.1 Å². The van der Waals surface area contributed by atoms with Crippen LogP contribution < -0.4 is 15.5 Å². The molecule has 2 aliphatic rings. The molecule has 2 saturated heterocycles. The Kier molecular flexibility index (Phi) is 11.4. The highest BCUT2D eigenvalue weighted by Gasteiger charge is 2.37. The third-order valence-corrected chi connectivity index (χ3v) is 10.2. The average molecular weight is 734 g/mol. The zero-order valence-corrected chi connectivity index (χ0v) is 32.0. The SMILES string of the molecule is COC(=O)N[C@H](C(=O)N1CCCC1c1ncc(-c2ccc(-c3ccc(NC(=O)c4ccc(N5CCN(C(=O)C(C)(C)C)CC5)cc4)cc3)cc2)[nH]1)C(C)C. The van der Waals surface area contributed by atoms with Crippen molar-refractivity contribution in [3.8, 4) is 22.4 Å². The number of aromatic amines is 1. The number of nitrogens with zero attached hydrogens (tertiary/aromatic N) is 4. The maximum Gasteiger partial charge on any atom is 0.407 e. The summed E-state index contributed by atoms with van der Waals surface area (Å²) in [6.45, 7) is 13.1. The number of hydrogen-bond donors (Lipinski definition) is 3. The number of carbonyl (C=O) groups excluding carboxylic acids is 4. The Hall–Kier alpha value is -5.65. The van der Waals surface area contributed by atoms with Crippen LogP contribution in [0, 0.1) is 11.3 Å². The maximum atomic E-state index is 13.5. The van der Waals surface area contributed by atoms with E-state index in [0.717, 1.165) is 59.8 Å². The molecule has 12 heteroatoms. The van der Waals surface area contributed by atoms with E-state index in [1.807, 2.05) is 112 Å². The molecule has 284 valence electrons. The standard InChI is InChI=1S/C42H51N7O5/c1-27(2)36(46-41(53)54-6)39(51)49-21-7-8-35(49)37-43-26-34(45-37)30-11-9-28(10-12-30)29-13-17-32(18-14-29)44-38(50)31-15-19-33(20-16-31)47-22-24-48(25-23-47)40(52)42(3,4)5/h9-20,26-27,35-36H,7-8,21-25H2,1-6H3,(H,43,45)(H,44,50)(H,46,53)/t35?,36-/m0/s1. The van der Waals surface area contributed by atoms with Gasteiger partial charge in [0.2, 0.25) is 11.8 Å². The fraction of sp³-hybridized carbons (Fsp3) is 0.405. The van der Waals surface area contributed by atoms with Crippen LogP contribution in [0.3, 0.4) is 0 Å².